The van der Waals surface area contributed by atoms with Crippen molar-refractivity contribution < 1.29 is 9.47 Å². The molecule has 0 saturated heterocycles. The van der Waals surface area contributed by atoms with E-state index < -0.39 is 0 Å². The third-order valence-electron chi connectivity index (χ3n) is 1.99. The fourth-order valence-corrected chi connectivity index (χ4v) is 1.25. The monoisotopic (exact) mass is 194 g/mol. The van der Waals surface area contributed by atoms with Gasteiger partial charge in [-0.25, -0.2) is 0 Å². The highest BCUT2D eigenvalue weighted by molar-refractivity contribution is 5.25. The zero-order valence-corrected chi connectivity index (χ0v) is 9.12. The Labute approximate surface area is 85.8 Å². The van der Waals surface area contributed by atoms with Gasteiger partial charge in [-0.15, -0.1) is 0 Å². The number of ether oxygens (including phenoxy) is 2. The fourth-order valence-electron chi connectivity index (χ4n) is 1.25. The Morgan fingerprint density at radius 1 is 1.07 bits per heavy atom. The lowest BCUT2D eigenvalue weighted by atomic mass is 10.1. The minimum Gasteiger partial charge on any atom is -0.380 e. The van der Waals surface area contributed by atoms with Crippen LogP contribution < -0.4 is 0 Å². The van der Waals surface area contributed by atoms with Gasteiger partial charge in [0.2, 0.25) is 0 Å². The van der Waals surface area contributed by atoms with Crippen LogP contribution in [0.15, 0.2) is 24.3 Å². The van der Waals surface area contributed by atoms with Crippen LogP contribution in [0.25, 0.3) is 0 Å². The lowest BCUT2D eigenvalue weighted by Crippen LogP contribution is -2.04. The molecule has 14 heavy (non-hydrogen) atoms. The molecule has 0 radical (unpaired) electrons. The van der Waals surface area contributed by atoms with Crippen LogP contribution in [0.5, 0.6) is 0 Å². The summed E-state index contributed by atoms with van der Waals surface area (Å²) in [7, 11) is 1.71. The minimum atomic E-state index is 0.269. The van der Waals surface area contributed by atoms with E-state index >= 15 is 0 Å². The molecule has 0 aliphatic carbocycles. The Bertz CT molecular complexity index is 269. The smallest absolute Gasteiger partial charge is 0.0723 e. The van der Waals surface area contributed by atoms with Gasteiger partial charge in [-0.1, -0.05) is 24.3 Å². The van der Waals surface area contributed by atoms with Gasteiger partial charge < -0.3 is 9.47 Å². The summed E-state index contributed by atoms with van der Waals surface area (Å²) < 4.78 is 10.7. The summed E-state index contributed by atoms with van der Waals surface area (Å²) >= 11 is 0. The molecule has 78 valence electrons. The maximum absolute atomic E-state index is 5.56. The van der Waals surface area contributed by atoms with E-state index in [2.05, 4.69) is 12.1 Å². The highest BCUT2D eigenvalue weighted by Crippen LogP contribution is 2.11. The number of methoxy groups -OCH3 is 1. The van der Waals surface area contributed by atoms with Gasteiger partial charge >= 0.3 is 0 Å². The second kappa shape index (κ2) is 5.78. The van der Waals surface area contributed by atoms with Crippen molar-refractivity contribution in [3.63, 3.8) is 0 Å². The highest BCUT2D eigenvalue weighted by Gasteiger charge is 2.02. The second-order valence-corrected chi connectivity index (χ2v) is 3.56. The largest absolute Gasteiger partial charge is 0.380 e. The molecule has 0 amide bonds. The van der Waals surface area contributed by atoms with Crippen molar-refractivity contribution >= 4 is 0 Å². The molecule has 0 atom stereocenters. The Morgan fingerprint density at radius 2 is 1.64 bits per heavy atom. The lowest BCUT2D eigenvalue weighted by Gasteiger charge is -2.11. The van der Waals surface area contributed by atoms with Gasteiger partial charge in [0, 0.05) is 7.11 Å². The fraction of sp³-hybridized carbons (Fsp3) is 0.500. The van der Waals surface area contributed by atoms with E-state index in [-0.39, 0.29) is 6.10 Å². The topological polar surface area (TPSA) is 18.5 Å². The minimum absolute atomic E-state index is 0.269. The predicted octanol–water partition coefficient (Wildman–Crippen LogP) is 2.76. The summed E-state index contributed by atoms with van der Waals surface area (Å²) in [4.78, 5) is 0. The molecule has 2 nitrogen and oxygen atoms in total. The first-order valence-corrected chi connectivity index (χ1v) is 4.91. The quantitative estimate of drug-likeness (QED) is 0.717. The van der Waals surface area contributed by atoms with Crippen molar-refractivity contribution in [2.75, 3.05) is 7.11 Å². The Morgan fingerprint density at radius 3 is 2.14 bits per heavy atom. The molecular formula is C12H18O2. The normalized spacial score (nSPS) is 10.9. The molecular weight excluding hydrogens is 176 g/mol. The van der Waals surface area contributed by atoms with Crippen molar-refractivity contribution in [1.29, 1.82) is 0 Å². The van der Waals surface area contributed by atoms with Crippen LogP contribution >= 0.6 is 0 Å². The van der Waals surface area contributed by atoms with Gasteiger partial charge in [-0.3, -0.25) is 0 Å². The standard InChI is InChI=1S/C12H18O2/c1-10(2)14-9-12-7-5-4-6-11(12)8-13-3/h4-7,10H,8-9H2,1-3H3. The molecule has 0 bridgehead atoms. The van der Waals surface area contributed by atoms with Gasteiger partial charge in [0.05, 0.1) is 19.3 Å². The number of rotatable bonds is 5. The van der Waals surface area contributed by atoms with E-state index in [0.29, 0.717) is 13.2 Å². The van der Waals surface area contributed by atoms with Crippen LogP contribution in [-0.4, -0.2) is 13.2 Å². The van der Waals surface area contributed by atoms with Crippen LogP contribution in [0.4, 0.5) is 0 Å². The number of hydrogen-bond acceptors (Lipinski definition) is 2. The maximum Gasteiger partial charge on any atom is 0.0723 e. The van der Waals surface area contributed by atoms with Crippen molar-refractivity contribution in [3.05, 3.63) is 35.4 Å². The highest BCUT2D eigenvalue weighted by atomic mass is 16.5. The molecule has 0 aromatic heterocycles. The van der Waals surface area contributed by atoms with Crippen LogP contribution in [0, 0.1) is 0 Å². The summed E-state index contributed by atoms with van der Waals surface area (Å²) in [5.41, 5.74) is 2.42. The van der Waals surface area contributed by atoms with Gasteiger partial charge in [0.15, 0.2) is 0 Å². The molecule has 0 fully saturated rings. The molecule has 2 heteroatoms. The molecule has 1 aromatic carbocycles. The van der Waals surface area contributed by atoms with Gasteiger partial charge in [0.25, 0.3) is 0 Å². The lowest BCUT2D eigenvalue weighted by molar-refractivity contribution is 0.0641. The van der Waals surface area contributed by atoms with Crippen molar-refractivity contribution in [1.82, 2.24) is 0 Å². The van der Waals surface area contributed by atoms with Crippen LogP contribution in [0.1, 0.15) is 25.0 Å². The number of hydrogen-bond donors (Lipinski definition) is 0. The molecule has 0 saturated carbocycles. The van der Waals surface area contributed by atoms with Crippen molar-refractivity contribution in [2.45, 2.75) is 33.2 Å². The maximum atomic E-state index is 5.56. The Kier molecular flexibility index (Phi) is 4.63. The van der Waals surface area contributed by atoms with E-state index in [1.165, 1.54) is 11.1 Å². The molecule has 0 heterocycles. The zero-order valence-electron chi connectivity index (χ0n) is 9.12. The van der Waals surface area contributed by atoms with E-state index in [1.54, 1.807) is 7.11 Å². The second-order valence-electron chi connectivity index (χ2n) is 3.56. The first kappa shape index (κ1) is 11.2. The summed E-state index contributed by atoms with van der Waals surface area (Å²) in [6.07, 6.45) is 0.269. The van der Waals surface area contributed by atoms with Gasteiger partial charge in [0.1, 0.15) is 0 Å². The SMILES string of the molecule is COCc1ccccc1COC(C)C. The molecule has 0 unspecified atom stereocenters. The third kappa shape index (κ3) is 3.48. The molecule has 0 N–H and O–H groups in total. The van der Waals surface area contributed by atoms with Crippen molar-refractivity contribution in [3.8, 4) is 0 Å². The average molecular weight is 194 g/mol. The van der Waals surface area contributed by atoms with Crippen LogP contribution in [0.2, 0.25) is 0 Å². The predicted molar refractivity (Wildman–Crippen MR) is 57.1 cm³/mol. The molecule has 1 aromatic rings. The molecule has 1 rings (SSSR count). The van der Waals surface area contributed by atoms with Gasteiger partial charge in [-0.2, -0.15) is 0 Å². The van der Waals surface area contributed by atoms with E-state index in [0.717, 1.165) is 0 Å². The number of benzene rings is 1. The molecule has 0 spiro atoms. The Hall–Kier alpha value is -0.860. The summed E-state index contributed by atoms with van der Waals surface area (Å²) in [5, 5.41) is 0. The van der Waals surface area contributed by atoms with E-state index in [1.807, 2.05) is 26.0 Å². The van der Waals surface area contributed by atoms with E-state index in [9.17, 15) is 0 Å². The van der Waals surface area contributed by atoms with Gasteiger partial charge in [-0.05, 0) is 25.0 Å². The summed E-state index contributed by atoms with van der Waals surface area (Å²) in [5.74, 6) is 0. The summed E-state index contributed by atoms with van der Waals surface area (Å²) in [6.45, 7) is 5.40. The summed E-state index contributed by atoms with van der Waals surface area (Å²) in [6, 6.07) is 8.20. The van der Waals surface area contributed by atoms with Crippen molar-refractivity contribution in [2.24, 2.45) is 0 Å². The first-order chi connectivity index (χ1) is 6.74. The zero-order chi connectivity index (χ0) is 10.4. The first-order valence-electron chi connectivity index (χ1n) is 4.91. The van der Waals surface area contributed by atoms with Crippen LogP contribution in [0.3, 0.4) is 0 Å². The Balaban J connectivity index is 2.64. The van der Waals surface area contributed by atoms with E-state index in [4.69, 9.17) is 9.47 Å². The third-order valence-corrected chi connectivity index (χ3v) is 1.99. The average Bonchev–Trinajstić information content (AvgIpc) is 2.17. The molecule has 0 aliphatic heterocycles. The molecule has 0 aliphatic rings. The van der Waals surface area contributed by atoms with Crippen LogP contribution in [-0.2, 0) is 22.7 Å².